The molecule has 0 bridgehead atoms. The Morgan fingerprint density at radius 1 is 0.778 bits per heavy atom. The molecule has 1 N–H and O–H groups in total. The van der Waals surface area contributed by atoms with Crippen molar-refractivity contribution in [2.45, 2.75) is 38.5 Å². The molecule has 1 aromatic carbocycles. The van der Waals surface area contributed by atoms with Crippen molar-refractivity contribution >= 4 is 23.4 Å². The van der Waals surface area contributed by atoms with E-state index in [9.17, 15) is 14.4 Å². The highest BCUT2D eigenvalue weighted by Gasteiger charge is 2.31. The van der Waals surface area contributed by atoms with E-state index in [1.54, 1.807) is 24.3 Å². The monoisotopic (exact) mass is 369 g/mol. The van der Waals surface area contributed by atoms with Gasteiger partial charge in [0.2, 0.25) is 11.8 Å². The molecule has 27 heavy (non-hydrogen) atoms. The normalized spacial score (nSPS) is 20.6. The first-order valence-corrected chi connectivity index (χ1v) is 10.1. The molecule has 3 aliphatic rings. The minimum Gasteiger partial charge on any atom is -0.339 e. The lowest BCUT2D eigenvalue weighted by Gasteiger charge is -2.36. The van der Waals surface area contributed by atoms with E-state index in [2.05, 4.69) is 5.32 Å². The second-order valence-corrected chi connectivity index (χ2v) is 7.94. The van der Waals surface area contributed by atoms with E-state index in [4.69, 9.17) is 0 Å². The number of nitrogens with zero attached hydrogens (tertiary/aromatic N) is 2. The maximum absolute atomic E-state index is 12.7. The molecule has 1 aromatic rings. The van der Waals surface area contributed by atoms with Crippen LogP contribution in [0.2, 0.25) is 0 Å². The highest BCUT2D eigenvalue weighted by Crippen LogP contribution is 2.30. The van der Waals surface area contributed by atoms with Gasteiger partial charge in [-0.1, -0.05) is 12.8 Å². The first-order chi connectivity index (χ1) is 13.1. The standard InChI is InChI=1S/C21H27N3O3/c25-19(15-5-6-15)22-18-9-7-17(8-10-18)21(27)24-13-11-23(12-14-24)20(26)16-3-1-2-4-16/h7-10,15-16H,1-6,11-14H2,(H,22,25). The van der Waals surface area contributed by atoms with Crippen molar-refractivity contribution in [1.29, 1.82) is 0 Å². The maximum atomic E-state index is 12.7. The smallest absolute Gasteiger partial charge is 0.253 e. The number of carbonyl (C=O) groups excluding carboxylic acids is 3. The van der Waals surface area contributed by atoms with Gasteiger partial charge in [0.15, 0.2) is 0 Å². The summed E-state index contributed by atoms with van der Waals surface area (Å²) in [4.78, 5) is 40.8. The maximum Gasteiger partial charge on any atom is 0.253 e. The van der Waals surface area contributed by atoms with E-state index >= 15 is 0 Å². The number of nitrogens with one attached hydrogen (secondary N) is 1. The molecule has 6 nitrogen and oxygen atoms in total. The van der Waals surface area contributed by atoms with E-state index < -0.39 is 0 Å². The number of rotatable bonds is 4. The Hall–Kier alpha value is -2.37. The average Bonchev–Trinajstić information content (AvgIpc) is 3.42. The number of anilines is 1. The summed E-state index contributed by atoms with van der Waals surface area (Å²) in [5, 5.41) is 2.89. The van der Waals surface area contributed by atoms with E-state index in [0.717, 1.165) is 44.2 Å². The zero-order valence-electron chi connectivity index (χ0n) is 15.7. The molecule has 2 saturated carbocycles. The van der Waals surface area contributed by atoms with Gasteiger partial charge in [0.05, 0.1) is 0 Å². The molecule has 0 aromatic heterocycles. The van der Waals surface area contributed by atoms with E-state index in [0.29, 0.717) is 31.7 Å². The third-order valence-corrected chi connectivity index (χ3v) is 5.93. The van der Waals surface area contributed by atoms with Crippen LogP contribution in [0.5, 0.6) is 0 Å². The molecule has 0 unspecified atom stereocenters. The number of carbonyl (C=O) groups is 3. The van der Waals surface area contributed by atoms with Crippen molar-refractivity contribution in [3.05, 3.63) is 29.8 Å². The Morgan fingerprint density at radius 3 is 1.96 bits per heavy atom. The predicted molar refractivity (Wildman–Crippen MR) is 102 cm³/mol. The van der Waals surface area contributed by atoms with Crippen molar-refractivity contribution in [2.75, 3.05) is 31.5 Å². The lowest BCUT2D eigenvalue weighted by Crippen LogP contribution is -2.51. The molecule has 2 aliphatic carbocycles. The molecule has 6 heteroatoms. The van der Waals surface area contributed by atoms with Crippen LogP contribution in [0.4, 0.5) is 5.69 Å². The zero-order chi connectivity index (χ0) is 18.8. The third kappa shape index (κ3) is 4.15. The van der Waals surface area contributed by atoms with E-state index in [1.165, 1.54) is 0 Å². The summed E-state index contributed by atoms with van der Waals surface area (Å²) in [5.41, 5.74) is 1.35. The highest BCUT2D eigenvalue weighted by atomic mass is 16.2. The van der Waals surface area contributed by atoms with Crippen molar-refractivity contribution in [2.24, 2.45) is 11.8 Å². The summed E-state index contributed by atoms with van der Waals surface area (Å²) in [6.07, 6.45) is 6.29. The van der Waals surface area contributed by atoms with Gasteiger partial charge in [-0.15, -0.1) is 0 Å². The second-order valence-electron chi connectivity index (χ2n) is 7.94. The fraction of sp³-hybridized carbons (Fsp3) is 0.571. The van der Waals surface area contributed by atoms with Crippen LogP contribution in [0.15, 0.2) is 24.3 Å². The molecular formula is C21H27N3O3. The molecule has 4 rings (SSSR count). The average molecular weight is 369 g/mol. The lowest BCUT2D eigenvalue weighted by molar-refractivity contribution is -0.136. The number of amides is 3. The molecule has 1 saturated heterocycles. The van der Waals surface area contributed by atoms with Gasteiger partial charge in [-0.3, -0.25) is 14.4 Å². The molecular weight excluding hydrogens is 342 g/mol. The van der Waals surface area contributed by atoms with Crippen LogP contribution >= 0.6 is 0 Å². The van der Waals surface area contributed by atoms with Crippen LogP contribution < -0.4 is 5.32 Å². The highest BCUT2D eigenvalue weighted by molar-refractivity contribution is 5.97. The summed E-state index contributed by atoms with van der Waals surface area (Å²) < 4.78 is 0. The molecule has 144 valence electrons. The molecule has 3 fully saturated rings. The third-order valence-electron chi connectivity index (χ3n) is 5.93. The van der Waals surface area contributed by atoms with Crippen LogP contribution in [0.25, 0.3) is 0 Å². The number of hydrogen-bond donors (Lipinski definition) is 1. The molecule has 1 heterocycles. The Labute approximate surface area is 159 Å². The first-order valence-electron chi connectivity index (χ1n) is 10.1. The van der Waals surface area contributed by atoms with Gasteiger partial charge in [0.25, 0.3) is 5.91 Å². The van der Waals surface area contributed by atoms with Gasteiger partial charge in [-0.25, -0.2) is 0 Å². The van der Waals surface area contributed by atoms with Crippen molar-refractivity contribution in [3.8, 4) is 0 Å². The van der Waals surface area contributed by atoms with Gasteiger partial charge in [-0.2, -0.15) is 0 Å². The van der Waals surface area contributed by atoms with E-state index in [-0.39, 0.29) is 29.6 Å². The molecule has 0 atom stereocenters. The van der Waals surface area contributed by atoms with Crippen LogP contribution in [0, 0.1) is 11.8 Å². The number of hydrogen-bond acceptors (Lipinski definition) is 3. The van der Waals surface area contributed by atoms with Crippen LogP contribution in [-0.4, -0.2) is 53.7 Å². The number of benzene rings is 1. The van der Waals surface area contributed by atoms with Crippen molar-refractivity contribution in [3.63, 3.8) is 0 Å². The van der Waals surface area contributed by atoms with Gasteiger partial charge >= 0.3 is 0 Å². The fourth-order valence-corrected chi connectivity index (χ4v) is 4.03. The van der Waals surface area contributed by atoms with Gasteiger partial charge in [0, 0.05) is 49.3 Å². The summed E-state index contributed by atoms with van der Waals surface area (Å²) >= 11 is 0. The van der Waals surface area contributed by atoms with Crippen LogP contribution in [0.3, 0.4) is 0 Å². The molecule has 1 aliphatic heterocycles. The summed E-state index contributed by atoms with van der Waals surface area (Å²) in [5.74, 6) is 0.690. The van der Waals surface area contributed by atoms with Crippen LogP contribution in [0.1, 0.15) is 48.9 Å². The molecule has 0 radical (unpaired) electrons. The summed E-state index contributed by atoms with van der Waals surface area (Å²) in [7, 11) is 0. The van der Waals surface area contributed by atoms with Gasteiger partial charge < -0.3 is 15.1 Å². The second kappa shape index (κ2) is 7.71. The minimum absolute atomic E-state index is 0.0111. The fourth-order valence-electron chi connectivity index (χ4n) is 4.03. The number of piperazine rings is 1. The van der Waals surface area contributed by atoms with Gasteiger partial charge in [0.1, 0.15) is 0 Å². The Kier molecular flexibility index (Phi) is 5.14. The van der Waals surface area contributed by atoms with Gasteiger partial charge in [-0.05, 0) is 49.9 Å². The van der Waals surface area contributed by atoms with Crippen molar-refractivity contribution in [1.82, 2.24) is 9.80 Å². The predicted octanol–water partition coefficient (Wildman–Crippen LogP) is 2.51. The zero-order valence-corrected chi connectivity index (χ0v) is 15.7. The lowest BCUT2D eigenvalue weighted by atomic mass is 10.1. The first kappa shape index (κ1) is 18.0. The molecule has 0 spiro atoms. The SMILES string of the molecule is O=C(Nc1ccc(C(=O)N2CCN(C(=O)C3CCCC3)CC2)cc1)C1CC1. The summed E-state index contributed by atoms with van der Waals surface area (Å²) in [6, 6.07) is 7.10. The molecule has 3 amide bonds. The summed E-state index contributed by atoms with van der Waals surface area (Å²) in [6.45, 7) is 2.40. The quantitative estimate of drug-likeness (QED) is 0.887. The van der Waals surface area contributed by atoms with E-state index in [1.807, 2.05) is 9.80 Å². The largest absolute Gasteiger partial charge is 0.339 e. The van der Waals surface area contributed by atoms with Crippen molar-refractivity contribution < 1.29 is 14.4 Å². The Balaban J connectivity index is 1.29. The topological polar surface area (TPSA) is 69.7 Å². The minimum atomic E-state index is -0.0111. The Morgan fingerprint density at radius 2 is 1.37 bits per heavy atom. The Bertz CT molecular complexity index is 713. The van der Waals surface area contributed by atoms with Crippen LogP contribution in [-0.2, 0) is 9.59 Å².